The second-order valence-corrected chi connectivity index (χ2v) is 5.43. The zero-order valence-electron chi connectivity index (χ0n) is 11.2. The number of rotatable bonds is 4. The summed E-state index contributed by atoms with van der Waals surface area (Å²) in [6.45, 7) is 0. The van der Waals surface area contributed by atoms with Gasteiger partial charge >= 0.3 is 0 Å². The lowest BCUT2D eigenvalue weighted by molar-refractivity contribution is 0.296. The highest BCUT2D eigenvalue weighted by molar-refractivity contribution is 5.16. The second-order valence-electron chi connectivity index (χ2n) is 5.43. The molecule has 1 fully saturated rings. The largest absolute Gasteiger partial charge is 0.207 e. The van der Waals surface area contributed by atoms with E-state index in [9.17, 15) is 4.39 Å². The Hall–Kier alpha value is -1.62. The van der Waals surface area contributed by atoms with Crippen molar-refractivity contribution in [2.45, 2.75) is 38.5 Å². The molecule has 0 amide bonds. The van der Waals surface area contributed by atoms with Gasteiger partial charge in [0.15, 0.2) is 0 Å². The van der Waals surface area contributed by atoms with Crippen LogP contribution < -0.4 is 0 Å². The number of allylic oxidation sites excluding steroid dienone is 2. The van der Waals surface area contributed by atoms with Gasteiger partial charge in [-0.15, -0.1) is 0 Å². The summed E-state index contributed by atoms with van der Waals surface area (Å²) >= 11 is 0. The zero-order chi connectivity index (χ0) is 13.5. The minimum Gasteiger partial charge on any atom is -0.207 e. The lowest BCUT2D eigenvalue weighted by Gasteiger charge is -2.26. The van der Waals surface area contributed by atoms with Crippen molar-refractivity contribution in [3.8, 4) is 6.07 Å². The highest BCUT2D eigenvalue weighted by atomic mass is 19.1. The first-order chi connectivity index (χ1) is 9.28. The second kappa shape index (κ2) is 7.09. The highest BCUT2D eigenvalue weighted by Gasteiger charge is 2.19. The third-order valence-electron chi connectivity index (χ3n) is 4.09. The minimum absolute atomic E-state index is 0.159. The molecule has 0 heterocycles. The summed E-state index contributed by atoms with van der Waals surface area (Å²) in [4.78, 5) is 0. The van der Waals surface area contributed by atoms with Crippen LogP contribution in [0.2, 0.25) is 0 Å². The van der Waals surface area contributed by atoms with Crippen LogP contribution in [-0.2, 0) is 6.42 Å². The van der Waals surface area contributed by atoms with Gasteiger partial charge in [0.25, 0.3) is 0 Å². The van der Waals surface area contributed by atoms with Crippen LogP contribution in [0.1, 0.15) is 37.7 Å². The third kappa shape index (κ3) is 4.52. The molecule has 0 aliphatic heterocycles. The van der Waals surface area contributed by atoms with Gasteiger partial charge in [-0.2, -0.15) is 5.26 Å². The van der Waals surface area contributed by atoms with Gasteiger partial charge in [-0.1, -0.05) is 18.2 Å². The quantitative estimate of drug-likeness (QED) is 0.720. The standard InChI is InChI=1S/C17H20FN/c18-17-11-9-16(10-12-17)8-7-15-5-3-14(4-6-15)2-1-13-19/h1-2,9-12,14-15H,3-8H2/b2-1+. The molecule has 1 nitrogen and oxygen atoms in total. The van der Waals surface area contributed by atoms with E-state index in [1.807, 2.05) is 12.1 Å². The topological polar surface area (TPSA) is 23.8 Å². The molecule has 0 N–H and O–H groups in total. The molecule has 1 aromatic carbocycles. The van der Waals surface area contributed by atoms with Crippen molar-refractivity contribution in [3.63, 3.8) is 0 Å². The van der Waals surface area contributed by atoms with Crippen LogP contribution in [-0.4, -0.2) is 0 Å². The smallest absolute Gasteiger partial charge is 0.123 e. The van der Waals surface area contributed by atoms with E-state index in [1.165, 1.54) is 37.7 Å². The first-order valence-electron chi connectivity index (χ1n) is 7.08. The van der Waals surface area contributed by atoms with E-state index in [0.717, 1.165) is 12.3 Å². The summed E-state index contributed by atoms with van der Waals surface area (Å²) in [5.74, 6) is 1.23. The molecule has 0 bridgehead atoms. The zero-order valence-corrected chi connectivity index (χ0v) is 11.2. The molecule has 1 aliphatic rings. The lowest BCUT2D eigenvalue weighted by Crippen LogP contribution is -2.13. The average molecular weight is 257 g/mol. The summed E-state index contributed by atoms with van der Waals surface area (Å²) in [5, 5.41) is 8.52. The number of nitrogens with zero attached hydrogens (tertiary/aromatic N) is 1. The van der Waals surface area contributed by atoms with Crippen molar-refractivity contribution >= 4 is 0 Å². The molecule has 19 heavy (non-hydrogen) atoms. The maximum Gasteiger partial charge on any atom is 0.123 e. The Kier molecular flexibility index (Phi) is 5.15. The molecule has 0 saturated heterocycles. The van der Waals surface area contributed by atoms with Crippen LogP contribution >= 0.6 is 0 Å². The third-order valence-corrected chi connectivity index (χ3v) is 4.09. The molecular weight excluding hydrogens is 237 g/mol. The SMILES string of the molecule is N#C/C=C/C1CCC(CCc2ccc(F)cc2)CC1. The Morgan fingerprint density at radius 3 is 2.47 bits per heavy atom. The van der Waals surface area contributed by atoms with Crippen molar-refractivity contribution in [1.82, 2.24) is 0 Å². The Labute approximate surface area is 114 Å². The van der Waals surface area contributed by atoms with Crippen LogP contribution in [0.3, 0.4) is 0 Å². The van der Waals surface area contributed by atoms with Crippen molar-refractivity contribution in [1.29, 1.82) is 5.26 Å². The maximum absolute atomic E-state index is 12.8. The maximum atomic E-state index is 12.8. The predicted molar refractivity (Wildman–Crippen MR) is 74.9 cm³/mol. The fraction of sp³-hybridized carbons (Fsp3) is 0.471. The summed E-state index contributed by atoms with van der Waals surface area (Å²) < 4.78 is 12.8. The van der Waals surface area contributed by atoms with Gasteiger partial charge in [0.05, 0.1) is 6.07 Å². The molecule has 2 rings (SSSR count). The monoisotopic (exact) mass is 257 g/mol. The summed E-state index contributed by atoms with van der Waals surface area (Å²) in [6, 6.07) is 8.92. The van der Waals surface area contributed by atoms with Crippen molar-refractivity contribution < 1.29 is 4.39 Å². The Morgan fingerprint density at radius 2 is 1.84 bits per heavy atom. The molecule has 1 saturated carbocycles. The molecular formula is C17H20FN. The number of hydrogen-bond acceptors (Lipinski definition) is 1. The first-order valence-corrected chi connectivity index (χ1v) is 7.08. The summed E-state index contributed by atoms with van der Waals surface area (Å²) in [7, 11) is 0. The molecule has 1 aromatic rings. The van der Waals surface area contributed by atoms with E-state index < -0.39 is 0 Å². The molecule has 0 spiro atoms. The van der Waals surface area contributed by atoms with Crippen LogP contribution in [0.25, 0.3) is 0 Å². The molecule has 1 aliphatic carbocycles. The Morgan fingerprint density at radius 1 is 1.16 bits per heavy atom. The fourth-order valence-corrected chi connectivity index (χ4v) is 2.87. The highest BCUT2D eigenvalue weighted by Crippen LogP contribution is 2.32. The average Bonchev–Trinajstić information content (AvgIpc) is 2.46. The van der Waals surface area contributed by atoms with Crippen molar-refractivity contribution in [3.05, 3.63) is 47.8 Å². The molecule has 0 aromatic heterocycles. The van der Waals surface area contributed by atoms with Crippen LogP contribution in [0, 0.1) is 29.0 Å². The minimum atomic E-state index is -0.159. The van der Waals surface area contributed by atoms with E-state index in [4.69, 9.17) is 5.26 Å². The summed E-state index contributed by atoms with van der Waals surface area (Å²) in [6.07, 6.45) is 10.8. The molecule has 0 atom stereocenters. The normalized spacial score (nSPS) is 23.4. The van der Waals surface area contributed by atoms with Gasteiger partial charge in [0, 0.05) is 6.08 Å². The van der Waals surface area contributed by atoms with Crippen molar-refractivity contribution in [2.75, 3.05) is 0 Å². The van der Waals surface area contributed by atoms with E-state index >= 15 is 0 Å². The van der Waals surface area contributed by atoms with Crippen LogP contribution in [0.15, 0.2) is 36.4 Å². The van der Waals surface area contributed by atoms with E-state index in [1.54, 1.807) is 18.2 Å². The Bertz CT molecular complexity index is 447. The number of halogens is 1. The number of nitriles is 1. The first kappa shape index (κ1) is 13.8. The number of benzene rings is 1. The summed E-state index contributed by atoms with van der Waals surface area (Å²) in [5.41, 5.74) is 1.23. The molecule has 0 radical (unpaired) electrons. The van der Waals surface area contributed by atoms with E-state index in [0.29, 0.717) is 5.92 Å². The van der Waals surface area contributed by atoms with Gasteiger partial charge in [-0.05, 0) is 68.1 Å². The fourth-order valence-electron chi connectivity index (χ4n) is 2.87. The Balaban J connectivity index is 1.73. The van der Waals surface area contributed by atoms with Gasteiger partial charge in [0.1, 0.15) is 5.82 Å². The number of hydrogen-bond donors (Lipinski definition) is 0. The predicted octanol–water partition coefficient (Wildman–Crippen LogP) is 4.64. The van der Waals surface area contributed by atoms with Gasteiger partial charge in [-0.3, -0.25) is 0 Å². The molecule has 100 valence electrons. The molecule has 0 unspecified atom stereocenters. The van der Waals surface area contributed by atoms with Crippen LogP contribution in [0.4, 0.5) is 4.39 Å². The van der Waals surface area contributed by atoms with Gasteiger partial charge < -0.3 is 0 Å². The van der Waals surface area contributed by atoms with Crippen molar-refractivity contribution in [2.24, 2.45) is 11.8 Å². The number of aryl methyl sites for hydroxylation is 1. The van der Waals surface area contributed by atoms with E-state index in [-0.39, 0.29) is 5.82 Å². The van der Waals surface area contributed by atoms with Gasteiger partial charge in [0.2, 0.25) is 0 Å². The lowest BCUT2D eigenvalue weighted by atomic mass is 9.79. The van der Waals surface area contributed by atoms with E-state index in [2.05, 4.69) is 12.1 Å². The van der Waals surface area contributed by atoms with Crippen LogP contribution in [0.5, 0.6) is 0 Å². The molecule has 2 heteroatoms. The van der Waals surface area contributed by atoms with Gasteiger partial charge in [-0.25, -0.2) is 4.39 Å².